The molecule has 3 nitrogen and oxygen atoms in total. The number of Topliss-reactive ketones (excluding diaryl/α,β-unsaturated/α-hetero) is 1. The van der Waals surface area contributed by atoms with E-state index in [0.717, 1.165) is 0 Å². The highest BCUT2D eigenvalue weighted by molar-refractivity contribution is 6.19. The van der Waals surface area contributed by atoms with E-state index in [9.17, 15) is 4.79 Å². The first kappa shape index (κ1) is 11.9. The predicted octanol–water partition coefficient (Wildman–Crippen LogP) is 2.52. The van der Waals surface area contributed by atoms with Crippen LogP contribution in [-0.4, -0.2) is 25.9 Å². The topological polar surface area (TPSA) is 35.5 Å². The summed E-state index contributed by atoms with van der Waals surface area (Å²) in [4.78, 5) is 11.5. The van der Waals surface area contributed by atoms with Crippen LogP contribution in [0.25, 0.3) is 0 Å². The van der Waals surface area contributed by atoms with Gasteiger partial charge in [0.1, 0.15) is 0 Å². The van der Waals surface area contributed by atoms with Gasteiger partial charge in [-0.2, -0.15) is 0 Å². The summed E-state index contributed by atoms with van der Waals surface area (Å²) in [5.74, 6) is 1.50. The molecule has 0 aliphatic heterocycles. The minimum absolute atomic E-state index is 0.00551. The average Bonchev–Trinajstić information content (AvgIpc) is 2.28. The van der Waals surface area contributed by atoms with Crippen LogP contribution in [0.4, 0.5) is 0 Å². The fourth-order valence-electron chi connectivity index (χ4n) is 1.24. The first-order chi connectivity index (χ1) is 7.22. The van der Waals surface area contributed by atoms with E-state index >= 15 is 0 Å². The maximum atomic E-state index is 11.5. The number of carbonyl (C=O) groups excluding carboxylic acids is 1. The minimum atomic E-state index is 0.00551. The van der Waals surface area contributed by atoms with Crippen molar-refractivity contribution in [2.45, 2.75) is 6.42 Å². The lowest BCUT2D eigenvalue weighted by molar-refractivity contribution is 0.0989. The van der Waals surface area contributed by atoms with Gasteiger partial charge < -0.3 is 9.47 Å². The molecule has 0 N–H and O–H groups in total. The van der Waals surface area contributed by atoms with E-state index in [1.165, 1.54) is 7.11 Å². The van der Waals surface area contributed by atoms with E-state index < -0.39 is 0 Å². The van der Waals surface area contributed by atoms with E-state index in [-0.39, 0.29) is 5.78 Å². The Morgan fingerprint density at radius 2 is 1.93 bits per heavy atom. The third-order valence-corrected chi connectivity index (χ3v) is 2.22. The smallest absolute Gasteiger partial charge is 0.164 e. The second-order valence-corrected chi connectivity index (χ2v) is 3.31. The third-order valence-electron chi connectivity index (χ3n) is 2.03. The molecule has 0 aromatic heterocycles. The fourth-order valence-corrected chi connectivity index (χ4v) is 1.41. The Hall–Kier alpha value is -1.22. The Kier molecular flexibility index (Phi) is 4.43. The molecule has 0 fully saturated rings. The number of hydrogen-bond acceptors (Lipinski definition) is 3. The summed E-state index contributed by atoms with van der Waals surface area (Å²) < 4.78 is 10.2. The fraction of sp³-hybridized carbons (Fsp3) is 0.364. The number of alkyl halides is 1. The van der Waals surface area contributed by atoms with Gasteiger partial charge in [-0.25, -0.2) is 0 Å². The molecule has 0 aliphatic rings. The summed E-state index contributed by atoms with van der Waals surface area (Å²) >= 11 is 5.50. The molecule has 0 atom stereocenters. The van der Waals surface area contributed by atoms with E-state index in [1.54, 1.807) is 25.3 Å². The van der Waals surface area contributed by atoms with Gasteiger partial charge in [0.25, 0.3) is 0 Å². The summed E-state index contributed by atoms with van der Waals surface area (Å²) in [5, 5.41) is 0. The molecule has 1 aromatic carbocycles. The van der Waals surface area contributed by atoms with Gasteiger partial charge >= 0.3 is 0 Å². The summed E-state index contributed by atoms with van der Waals surface area (Å²) in [6.45, 7) is 0. The molecule has 1 aromatic rings. The number of ether oxygens (including phenoxy) is 2. The predicted molar refractivity (Wildman–Crippen MR) is 59.2 cm³/mol. The Morgan fingerprint density at radius 3 is 2.47 bits per heavy atom. The molecule has 0 unspecified atom stereocenters. The quantitative estimate of drug-likeness (QED) is 0.574. The van der Waals surface area contributed by atoms with Crippen molar-refractivity contribution in [2.24, 2.45) is 0 Å². The van der Waals surface area contributed by atoms with Crippen molar-refractivity contribution in [2.75, 3.05) is 20.1 Å². The van der Waals surface area contributed by atoms with Gasteiger partial charge in [0.15, 0.2) is 17.3 Å². The molecule has 0 radical (unpaired) electrons. The first-order valence-electron chi connectivity index (χ1n) is 4.54. The lowest BCUT2D eigenvalue weighted by Crippen LogP contribution is -2.01. The molecule has 15 heavy (non-hydrogen) atoms. The van der Waals surface area contributed by atoms with Crippen molar-refractivity contribution in [3.05, 3.63) is 23.8 Å². The van der Waals surface area contributed by atoms with Crippen molar-refractivity contribution in [3.8, 4) is 11.5 Å². The molecule has 0 saturated carbocycles. The van der Waals surface area contributed by atoms with Gasteiger partial charge in [-0.3, -0.25) is 4.79 Å². The standard InChI is InChI=1S/C11H13ClO3/c1-14-10-4-3-8(7-11(10)15-2)9(13)5-6-12/h3-4,7H,5-6H2,1-2H3. The van der Waals surface area contributed by atoms with Crippen molar-refractivity contribution >= 4 is 17.4 Å². The van der Waals surface area contributed by atoms with Gasteiger partial charge in [-0.05, 0) is 18.2 Å². The Bertz CT molecular complexity index is 350. The lowest BCUT2D eigenvalue weighted by atomic mass is 10.1. The highest BCUT2D eigenvalue weighted by Gasteiger charge is 2.09. The molecule has 0 bridgehead atoms. The summed E-state index contributed by atoms with van der Waals surface area (Å²) in [5.41, 5.74) is 0.591. The third kappa shape index (κ3) is 2.86. The van der Waals surface area contributed by atoms with Crippen LogP contribution in [0.15, 0.2) is 18.2 Å². The van der Waals surface area contributed by atoms with Crippen LogP contribution in [0.3, 0.4) is 0 Å². The van der Waals surface area contributed by atoms with E-state index in [4.69, 9.17) is 21.1 Å². The van der Waals surface area contributed by atoms with Crippen LogP contribution in [0, 0.1) is 0 Å². The second kappa shape index (κ2) is 5.61. The van der Waals surface area contributed by atoms with E-state index in [2.05, 4.69) is 0 Å². The monoisotopic (exact) mass is 228 g/mol. The zero-order valence-electron chi connectivity index (χ0n) is 8.75. The molecule has 4 heteroatoms. The average molecular weight is 229 g/mol. The van der Waals surface area contributed by atoms with Gasteiger partial charge in [-0.15, -0.1) is 11.6 Å². The number of methoxy groups -OCH3 is 2. The summed E-state index contributed by atoms with van der Waals surface area (Å²) in [6, 6.07) is 5.07. The van der Waals surface area contributed by atoms with Crippen LogP contribution in [0.5, 0.6) is 11.5 Å². The molecule has 0 spiro atoms. The number of carbonyl (C=O) groups is 1. The largest absolute Gasteiger partial charge is 0.493 e. The molecular formula is C11H13ClO3. The zero-order chi connectivity index (χ0) is 11.3. The van der Waals surface area contributed by atoms with Crippen molar-refractivity contribution < 1.29 is 14.3 Å². The molecule has 0 amide bonds. The van der Waals surface area contributed by atoms with Crippen LogP contribution >= 0.6 is 11.6 Å². The number of benzene rings is 1. The normalized spacial score (nSPS) is 9.80. The molecule has 0 saturated heterocycles. The molecule has 0 heterocycles. The summed E-state index contributed by atoms with van der Waals surface area (Å²) in [7, 11) is 3.09. The molecule has 82 valence electrons. The minimum Gasteiger partial charge on any atom is -0.493 e. The number of ketones is 1. The number of hydrogen-bond donors (Lipinski definition) is 0. The van der Waals surface area contributed by atoms with Crippen LogP contribution < -0.4 is 9.47 Å². The highest BCUT2D eigenvalue weighted by Crippen LogP contribution is 2.27. The number of halogens is 1. The van der Waals surface area contributed by atoms with Crippen LogP contribution in [0.1, 0.15) is 16.8 Å². The molecule has 0 aliphatic carbocycles. The Morgan fingerprint density at radius 1 is 1.27 bits per heavy atom. The maximum Gasteiger partial charge on any atom is 0.164 e. The van der Waals surface area contributed by atoms with Gasteiger partial charge in [0, 0.05) is 17.9 Å². The first-order valence-corrected chi connectivity index (χ1v) is 5.07. The number of rotatable bonds is 5. The van der Waals surface area contributed by atoms with Gasteiger partial charge in [-0.1, -0.05) is 0 Å². The lowest BCUT2D eigenvalue weighted by Gasteiger charge is -2.08. The highest BCUT2D eigenvalue weighted by atomic mass is 35.5. The SMILES string of the molecule is COc1ccc(C(=O)CCCl)cc1OC. The maximum absolute atomic E-state index is 11.5. The van der Waals surface area contributed by atoms with E-state index in [1.807, 2.05) is 0 Å². The Balaban J connectivity index is 2.97. The van der Waals surface area contributed by atoms with Crippen molar-refractivity contribution in [1.82, 2.24) is 0 Å². The van der Waals surface area contributed by atoms with Gasteiger partial charge in [0.05, 0.1) is 14.2 Å². The Labute approximate surface area is 93.9 Å². The molecular weight excluding hydrogens is 216 g/mol. The molecule has 1 rings (SSSR count). The van der Waals surface area contributed by atoms with E-state index in [0.29, 0.717) is 29.4 Å². The van der Waals surface area contributed by atoms with Crippen LogP contribution in [0.2, 0.25) is 0 Å². The van der Waals surface area contributed by atoms with Gasteiger partial charge in [0.2, 0.25) is 0 Å². The van der Waals surface area contributed by atoms with Crippen molar-refractivity contribution in [1.29, 1.82) is 0 Å². The summed E-state index contributed by atoms with van der Waals surface area (Å²) in [6.07, 6.45) is 0.330. The van der Waals surface area contributed by atoms with Crippen LogP contribution in [-0.2, 0) is 0 Å². The van der Waals surface area contributed by atoms with Crippen molar-refractivity contribution in [3.63, 3.8) is 0 Å². The zero-order valence-corrected chi connectivity index (χ0v) is 9.50. The second-order valence-electron chi connectivity index (χ2n) is 2.93.